The first-order valence-corrected chi connectivity index (χ1v) is 4.20. The van der Waals surface area contributed by atoms with Gasteiger partial charge in [-0.25, -0.2) is 0 Å². The van der Waals surface area contributed by atoms with Gasteiger partial charge in [-0.3, -0.25) is 4.79 Å². The molecule has 0 unspecified atom stereocenters. The Balaban J connectivity index is 2.56. The van der Waals surface area contributed by atoms with Crippen LogP contribution >= 0.6 is 11.6 Å². The summed E-state index contributed by atoms with van der Waals surface area (Å²) in [6.45, 7) is 0.938. The molecule has 3 heteroatoms. The molecule has 1 aliphatic rings. The molecule has 1 aliphatic heterocycles. The molecule has 62 valence electrons. The molecule has 1 aromatic carbocycles. The number of carbonyl (C=O) groups excluding carboxylic acids is 1. The van der Waals surface area contributed by atoms with Crippen LogP contribution < -0.4 is 5.32 Å². The number of nitrogens with one attached hydrogen (secondary N) is 1. The Hall–Kier alpha value is -1.02. The summed E-state index contributed by atoms with van der Waals surface area (Å²) in [6.07, 6.45) is 1.77. The van der Waals surface area contributed by atoms with Gasteiger partial charge < -0.3 is 5.32 Å². The lowest BCUT2D eigenvalue weighted by Gasteiger charge is -2.01. The highest BCUT2D eigenvalue weighted by atomic mass is 35.5. The molecule has 2 rings (SSSR count). The summed E-state index contributed by atoms with van der Waals surface area (Å²) >= 11 is 5.85. The number of benzene rings is 1. The zero-order chi connectivity index (χ0) is 8.55. The van der Waals surface area contributed by atoms with Gasteiger partial charge in [-0.1, -0.05) is 11.6 Å². The highest BCUT2D eigenvalue weighted by Gasteiger charge is 2.12. The van der Waals surface area contributed by atoms with Crippen LogP contribution in [0.4, 0.5) is 5.69 Å². The maximum absolute atomic E-state index is 10.5. The molecule has 0 aliphatic carbocycles. The molecular weight excluding hydrogens is 174 g/mol. The Kier molecular flexibility index (Phi) is 1.77. The lowest BCUT2D eigenvalue weighted by Crippen LogP contribution is -1.91. The van der Waals surface area contributed by atoms with Crippen LogP contribution in [0, 0.1) is 0 Å². The molecule has 0 radical (unpaired) electrons. The molecule has 1 heterocycles. The van der Waals surface area contributed by atoms with E-state index in [-0.39, 0.29) is 0 Å². The van der Waals surface area contributed by atoms with E-state index in [9.17, 15) is 4.79 Å². The van der Waals surface area contributed by atoms with Crippen molar-refractivity contribution in [2.24, 2.45) is 0 Å². The van der Waals surface area contributed by atoms with Gasteiger partial charge in [0.2, 0.25) is 0 Å². The smallest absolute Gasteiger partial charge is 0.151 e. The Labute approximate surface area is 75.5 Å². The van der Waals surface area contributed by atoms with Crippen LogP contribution in [0.1, 0.15) is 15.9 Å². The first-order chi connectivity index (χ1) is 5.81. The Morgan fingerprint density at radius 2 is 2.33 bits per heavy atom. The number of fused-ring (bicyclic) bond motifs is 1. The van der Waals surface area contributed by atoms with Gasteiger partial charge in [0.1, 0.15) is 0 Å². The average molecular weight is 182 g/mol. The maximum Gasteiger partial charge on any atom is 0.151 e. The van der Waals surface area contributed by atoms with Crippen molar-refractivity contribution in [2.45, 2.75) is 6.42 Å². The molecule has 0 saturated carbocycles. The SMILES string of the molecule is O=Cc1cc2c(cc1Cl)CCN2. The van der Waals surface area contributed by atoms with Crippen LogP contribution in [-0.2, 0) is 6.42 Å². The van der Waals surface area contributed by atoms with Crippen molar-refractivity contribution in [3.63, 3.8) is 0 Å². The van der Waals surface area contributed by atoms with Crippen LogP contribution in [0.5, 0.6) is 0 Å². The maximum atomic E-state index is 10.5. The van der Waals surface area contributed by atoms with Gasteiger partial charge in [0.25, 0.3) is 0 Å². The van der Waals surface area contributed by atoms with Crippen LogP contribution in [-0.4, -0.2) is 12.8 Å². The highest BCUT2D eigenvalue weighted by Crippen LogP contribution is 2.27. The molecule has 0 fully saturated rings. The summed E-state index contributed by atoms with van der Waals surface area (Å²) in [6, 6.07) is 3.66. The molecule has 0 aromatic heterocycles. The fraction of sp³-hybridized carbons (Fsp3) is 0.222. The molecular formula is C9H8ClNO. The fourth-order valence-electron chi connectivity index (χ4n) is 1.42. The minimum Gasteiger partial charge on any atom is -0.384 e. The summed E-state index contributed by atoms with van der Waals surface area (Å²) < 4.78 is 0. The van der Waals surface area contributed by atoms with E-state index in [1.165, 1.54) is 5.56 Å². The molecule has 2 nitrogen and oxygen atoms in total. The lowest BCUT2D eigenvalue weighted by atomic mass is 10.1. The van der Waals surface area contributed by atoms with Crippen LogP contribution in [0.25, 0.3) is 0 Å². The summed E-state index contributed by atoms with van der Waals surface area (Å²) in [4.78, 5) is 10.5. The van der Waals surface area contributed by atoms with Gasteiger partial charge in [0.15, 0.2) is 6.29 Å². The molecule has 12 heavy (non-hydrogen) atoms. The van der Waals surface area contributed by atoms with E-state index in [2.05, 4.69) is 5.32 Å². The Morgan fingerprint density at radius 1 is 1.50 bits per heavy atom. The minimum absolute atomic E-state index is 0.549. The lowest BCUT2D eigenvalue weighted by molar-refractivity contribution is 0.112. The molecule has 0 amide bonds. The number of rotatable bonds is 1. The average Bonchev–Trinajstić information content (AvgIpc) is 2.49. The predicted octanol–water partition coefficient (Wildman–Crippen LogP) is 2.12. The number of carbonyl (C=O) groups is 1. The standard InChI is InChI=1S/C9H8ClNO/c10-8-3-6-1-2-11-9(6)4-7(8)5-12/h3-5,11H,1-2H2. The monoisotopic (exact) mass is 181 g/mol. The van der Waals surface area contributed by atoms with Crippen molar-refractivity contribution >= 4 is 23.6 Å². The van der Waals surface area contributed by atoms with Gasteiger partial charge in [-0.2, -0.15) is 0 Å². The minimum atomic E-state index is 0.549. The highest BCUT2D eigenvalue weighted by molar-refractivity contribution is 6.33. The van der Waals surface area contributed by atoms with Crippen molar-refractivity contribution in [1.29, 1.82) is 0 Å². The van der Waals surface area contributed by atoms with Crippen molar-refractivity contribution in [2.75, 3.05) is 11.9 Å². The summed E-state index contributed by atoms with van der Waals surface area (Å²) in [5.74, 6) is 0. The van der Waals surface area contributed by atoms with E-state index in [0.717, 1.165) is 24.9 Å². The van der Waals surface area contributed by atoms with Gasteiger partial charge in [-0.15, -0.1) is 0 Å². The third kappa shape index (κ3) is 1.08. The number of hydrogen-bond acceptors (Lipinski definition) is 2. The van der Waals surface area contributed by atoms with E-state index in [1.807, 2.05) is 6.07 Å². The van der Waals surface area contributed by atoms with Gasteiger partial charge in [-0.05, 0) is 24.1 Å². The Bertz CT molecular complexity index is 336. The molecule has 0 bridgehead atoms. The fourth-order valence-corrected chi connectivity index (χ4v) is 1.66. The van der Waals surface area contributed by atoms with Gasteiger partial charge in [0, 0.05) is 17.8 Å². The summed E-state index contributed by atoms with van der Waals surface area (Å²) in [7, 11) is 0. The second-order valence-electron chi connectivity index (χ2n) is 2.83. The van der Waals surface area contributed by atoms with E-state index in [1.54, 1.807) is 6.07 Å². The number of halogens is 1. The van der Waals surface area contributed by atoms with Gasteiger partial charge in [0.05, 0.1) is 5.02 Å². The molecule has 1 aromatic rings. The normalized spacial score (nSPS) is 13.8. The van der Waals surface area contributed by atoms with Crippen LogP contribution in [0.2, 0.25) is 5.02 Å². The molecule has 0 spiro atoms. The van der Waals surface area contributed by atoms with E-state index >= 15 is 0 Å². The second kappa shape index (κ2) is 2.79. The predicted molar refractivity (Wildman–Crippen MR) is 49.0 cm³/mol. The van der Waals surface area contributed by atoms with Gasteiger partial charge >= 0.3 is 0 Å². The van der Waals surface area contributed by atoms with E-state index < -0.39 is 0 Å². The first kappa shape index (κ1) is 7.62. The summed E-state index contributed by atoms with van der Waals surface area (Å²) in [5, 5.41) is 3.73. The van der Waals surface area contributed by atoms with Crippen LogP contribution in [0.15, 0.2) is 12.1 Å². The third-order valence-corrected chi connectivity index (χ3v) is 2.39. The Morgan fingerprint density at radius 3 is 3.08 bits per heavy atom. The molecule has 1 N–H and O–H groups in total. The molecule has 0 atom stereocenters. The number of aldehydes is 1. The topological polar surface area (TPSA) is 29.1 Å². The quantitative estimate of drug-likeness (QED) is 0.673. The number of hydrogen-bond donors (Lipinski definition) is 1. The van der Waals surface area contributed by atoms with Crippen molar-refractivity contribution in [3.05, 3.63) is 28.3 Å². The first-order valence-electron chi connectivity index (χ1n) is 3.83. The third-order valence-electron chi connectivity index (χ3n) is 2.06. The molecule has 0 saturated heterocycles. The van der Waals surface area contributed by atoms with E-state index in [4.69, 9.17) is 11.6 Å². The second-order valence-corrected chi connectivity index (χ2v) is 3.23. The largest absolute Gasteiger partial charge is 0.384 e. The van der Waals surface area contributed by atoms with Crippen LogP contribution in [0.3, 0.4) is 0 Å². The van der Waals surface area contributed by atoms with Crippen molar-refractivity contribution < 1.29 is 4.79 Å². The zero-order valence-corrected chi connectivity index (χ0v) is 7.19. The zero-order valence-electron chi connectivity index (χ0n) is 6.43. The number of anilines is 1. The van der Waals surface area contributed by atoms with Crippen molar-refractivity contribution in [1.82, 2.24) is 0 Å². The van der Waals surface area contributed by atoms with E-state index in [0.29, 0.717) is 10.6 Å². The van der Waals surface area contributed by atoms with Crippen molar-refractivity contribution in [3.8, 4) is 0 Å². The summed E-state index contributed by atoms with van der Waals surface area (Å²) in [5.41, 5.74) is 2.80.